The average molecular weight is 326 g/mol. The van der Waals surface area contributed by atoms with Gasteiger partial charge >= 0.3 is 5.97 Å². The van der Waals surface area contributed by atoms with Crippen LogP contribution >= 0.6 is 0 Å². The summed E-state index contributed by atoms with van der Waals surface area (Å²) in [5, 5.41) is 0. The smallest absolute Gasteiger partial charge is 0.333 e. The van der Waals surface area contributed by atoms with E-state index < -0.39 is 0 Å². The van der Waals surface area contributed by atoms with E-state index in [0.717, 1.165) is 35.7 Å². The molecule has 1 fully saturated rings. The maximum Gasteiger partial charge on any atom is 0.333 e. The Labute approximate surface area is 141 Å². The van der Waals surface area contributed by atoms with Gasteiger partial charge in [0.25, 0.3) is 0 Å². The molecular formula is C19H22N2O3. The van der Waals surface area contributed by atoms with Crippen LogP contribution in [0.15, 0.2) is 36.0 Å². The lowest BCUT2D eigenvalue weighted by Gasteiger charge is -2.10. The molecule has 0 bridgehead atoms. The van der Waals surface area contributed by atoms with Crippen molar-refractivity contribution in [2.75, 3.05) is 13.7 Å². The molecule has 0 radical (unpaired) electrons. The fourth-order valence-corrected chi connectivity index (χ4v) is 2.68. The molecule has 3 rings (SSSR count). The van der Waals surface area contributed by atoms with Crippen LogP contribution in [0, 0.1) is 0 Å². The van der Waals surface area contributed by atoms with E-state index in [0.29, 0.717) is 18.2 Å². The molecule has 0 N–H and O–H groups in total. The molecule has 5 heteroatoms. The monoisotopic (exact) mass is 326 g/mol. The number of carbonyl (C=O) groups is 1. The molecule has 0 unspecified atom stereocenters. The Morgan fingerprint density at radius 2 is 2.04 bits per heavy atom. The van der Waals surface area contributed by atoms with Gasteiger partial charge in [-0.25, -0.2) is 9.78 Å². The van der Waals surface area contributed by atoms with E-state index in [4.69, 9.17) is 9.47 Å². The van der Waals surface area contributed by atoms with Crippen LogP contribution in [0.1, 0.15) is 38.4 Å². The molecule has 0 atom stereocenters. The van der Waals surface area contributed by atoms with E-state index in [2.05, 4.69) is 9.55 Å². The summed E-state index contributed by atoms with van der Waals surface area (Å²) in [5.74, 6) is 1.46. The maximum absolute atomic E-state index is 11.9. The van der Waals surface area contributed by atoms with Crippen molar-refractivity contribution < 1.29 is 14.3 Å². The van der Waals surface area contributed by atoms with Crippen molar-refractivity contribution in [3.8, 4) is 17.1 Å². The molecule has 1 aliphatic rings. The minimum Gasteiger partial charge on any atom is -0.497 e. The fraction of sp³-hybridized carbons (Fsp3) is 0.368. The van der Waals surface area contributed by atoms with Gasteiger partial charge in [0.1, 0.15) is 11.6 Å². The van der Waals surface area contributed by atoms with Crippen LogP contribution in [0.4, 0.5) is 0 Å². The molecule has 1 heterocycles. The first kappa shape index (κ1) is 16.3. The Hall–Kier alpha value is -2.56. The summed E-state index contributed by atoms with van der Waals surface area (Å²) < 4.78 is 12.5. The average Bonchev–Trinajstić information content (AvgIpc) is 3.35. The minimum atomic E-state index is -0.285. The molecular weight excluding hydrogens is 304 g/mol. The number of imidazole rings is 1. The van der Waals surface area contributed by atoms with Gasteiger partial charge in [0, 0.05) is 17.2 Å². The number of methoxy groups -OCH3 is 1. The van der Waals surface area contributed by atoms with Crippen molar-refractivity contribution in [3.05, 3.63) is 41.7 Å². The van der Waals surface area contributed by atoms with Crippen molar-refractivity contribution in [3.63, 3.8) is 0 Å². The van der Waals surface area contributed by atoms with Gasteiger partial charge in [-0.05, 0) is 57.0 Å². The highest BCUT2D eigenvalue weighted by Gasteiger charge is 2.28. The number of hydrogen-bond donors (Lipinski definition) is 0. The Balaban J connectivity index is 1.96. The standard InChI is InChI=1S/C19H22N2O3/c1-4-24-19(22)13(2)11-16-12-20-18(21(16)15-7-8-15)14-5-9-17(23-3)10-6-14/h5-6,9-12,15H,4,7-8H2,1-3H3/b13-11+. The van der Waals surface area contributed by atoms with Crippen LogP contribution in [0.25, 0.3) is 17.5 Å². The SMILES string of the molecule is CCOC(=O)/C(C)=C/c1cnc(-c2ccc(OC)cc2)n1C1CC1. The summed E-state index contributed by atoms with van der Waals surface area (Å²) in [6, 6.07) is 8.32. The predicted molar refractivity (Wildman–Crippen MR) is 92.8 cm³/mol. The lowest BCUT2D eigenvalue weighted by molar-refractivity contribution is -0.138. The summed E-state index contributed by atoms with van der Waals surface area (Å²) in [4.78, 5) is 16.4. The van der Waals surface area contributed by atoms with E-state index >= 15 is 0 Å². The summed E-state index contributed by atoms with van der Waals surface area (Å²) in [5.41, 5.74) is 2.56. The second-order valence-corrected chi connectivity index (χ2v) is 5.88. The molecule has 24 heavy (non-hydrogen) atoms. The number of ether oxygens (including phenoxy) is 2. The van der Waals surface area contributed by atoms with Crippen molar-refractivity contribution in [2.24, 2.45) is 0 Å². The van der Waals surface area contributed by atoms with Gasteiger partial charge in [-0.2, -0.15) is 0 Å². The molecule has 1 saturated carbocycles. The second-order valence-electron chi connectivity index (χ2n) is 5.88. The number of carbonyl (C=O) groups excluding carboxylic acids is 1. The number of hydrogen-bond acceptors (Lipinski definition) is 4. The van der Waals surface area contributed by atoms with E-state index in [1.165, 1.54) is 0 Å². The molecule has 5 nitrogen and oxygen atoms in total. The van der Waals surface area contributed by atoms with Crippen molar-refractivity contribution in [1.82, 2.24) is 9.55 Å². The zero-order chi connectivity index (χ0) is 17.1. The molecule has 2 aromatic rings. The summed E-state index contributed by atoms with van der Waals surface area (Å²) in [6.07, 6.45) is 5.95. The van der Waals surface area contributed by atoms with Crippen LogP contribution < -0.4 is 4.74 Å². The molecule has 0 spiro atoms. The third kappa shape index (κ3) is 3.35. The van der Waals surface area contributed by atoms with Crippen LogP contribution in [0.5, 0.6) is 5.75 Å². The highest BCUT2D eigenvalue weighted by atomic mass is 16.5. The highest BCUT2D eigenvalue weighted by molar-refractivity contribution is 5.92. The first-order valence-electron chi connectivity index (χ1n) is 8.21. The van der Waals surface area contributed by atoms with E-state index in [1.54, 1.807) is 21.0 Å². The predicted octanol–water partition coefficient (Wildman–Crippen LogP) is 3.86. The number of esters is 1. The third-order valence-corrected chi connectivity index (χ3v) is 4.05. The van der Waals surface area contributed by atoms with Crippen LogP contribution in [0.3, 0.4) is 0 Å². The van der Waals surface area contributed by atoms with E-state index in [-0.39, 0.29) is 5.97 Å². The molecule has 1 aromatic heterocycles. The first-order valence-corrected chi connectivity index (χ1v) is 8.21. The van der Waals surface area contributed by atoms with Gasteiger partial charge in [-0.15, -0.1) is 0 Å². The highest BCUT2D eigenvalue weighted by Crippen LogP contribution is 2.40. The molecule has 0 amide bonds. The van der Waals surface area contributed by atoms with Crippen LogP contribution in [-0.2, 0) is 9.53 Å². The first-order chi connectivity index (χ1) is 11.6. The second kappa shape index (κ2) is 6.91. The van der Waals surface area contributed by atoms with Gasteiger partial charge < -0.3 is 14.0 Å². The van der Waals surface area contributed by atoms with Gasteiger partial charge in [-0.1, -0.05) is 0 Å². The lowest BCUT2D eigenvalue weighted by atomic mass is 10.2. The quantitative estimate of drug-likeness (QED) is 0.597. The van der Waals surface area contributed by atoms with Gasteiger partial charge in [-0.3, -0.25) is 0 Å². The molecule has 126 valence electrons. The van der Waals surface area contributed by atoms with Crippen molar-refractivity contribution in [2.45, 2.75) is 32.7 Å². The van der Waals surface area contributed by atoms with Gasteiger partial charge in [0.2, 0.25) is 0 Å². The molecule has 0 aliphatic heterocycles. The number of benzene rings is 1. The third-order valence-electron chi connectivity index (χ3n) is 4.05. The summed E-state index contributed by atoms with van der Waals surface area (Å²) in [7, 11) is 1.65. The largest absolute Gasteiger partial charge is 0.497 e. The minimum absolute atomic E-state index is 0.285. The topological polar surface area (TPSA) is 53.4 Å². The lowest BCUT2D eigenvalue weighted by Crippen LogP contribution is -2.06. The Kier molecular flexibility index (Phi) is 4.69. The Morgan fingerprint density at radius 3 is 2.62 bits per heavy atom. The zero-order valence-corrected chi connectivity index (χ0v) is 14.3. The van der Waals surface area contributed by atoms with Crippen LogP contribution in [0.2, 0.25) is 0 Å². The van der Waals surface area contributed by atoms with E-state index in [1.807, 2.05) is 36.5 Å². The number of rotatable bonds is 6. The zero-order valence-electron chi connectivity index (χ0n) is 14.3. The Morgan fingerprint density at radius 1 is 1.33 bits per heavy atom. The summed E-state index contributed by atoms with van der Waals surface area (Å²) in [6.45, 7) is 3.96. The normalized spacial score (nSPS) is 14.5. The maximum atomic E-state index is 11.9. The molecule has 0 saturated heterocycles. The van der Waals surface area contributed by atoms with Crippen molar-refractivity contribution >= 4 is 12.0 Å². The van der Waals surface area contributed by atoms with Crippen molar-refractivity contribution in [1.29, 1.82) is 0 Å². The molecule has 1 aliphatic carbocycles. The summed E-state index contributed by atoms with van der Waals surface area (Å²) >= 11 is 0. The van der Waals surface area contributed by atoms with Gasteiger partial charge in [0.15, 0.2) is 0 Å². The fourth-order valence-electron chi connectivity index (χ4n) is 2.68. The van der Waals surface area contributed by atoms with Crippen LogP contribution in [-0.4, -0.2) is 29.2 Å². The number of nitrogens with zero attached hydrogens (tertiary/aromatic N) is 2. The molecule has 1 aromatic carbocycles. The van der Waals surface area contributed by atoms with E-state index in [9.17, 15) is 4.79 Å². The number of aromatic nitrogens is 2. The Bertz CT molecular complexity index is 755. The van der Waals surface area contributed by atoms with Gasteiger partial charge in [0.05, 0.1) is 25.6 Å².